The van der Waals surface area contributed by atoms with Crippen LogP contribution in [0.3, 0.4) is 0 Å². The van der Waals surface area contributed by atoms with Gasteiger partial charge in [0.15, 0.2) is 5.78 Å². The van der Waals surface area contributed by atoms with E-state index in [1.807, 2.05) is 6.92 Å². The van der Waals surface area contributed by atoms with Gasteiger partial charge in [-0.2, -0.15) is 0 Å². The van der Waals surface area contributed by atoms with E-state index >= 15 is 0 Å². The van der Waals surface area contributed by atoms with E-state index in [1.165, 1.54) is 0 Å². The summed E-state index contributed by atoms with van der Waals surface area (Å²) < 4.78 is 5.46. The van der Waals surface area contributed by atoms with Gasteiger partial charge in [-0.05, 0) is 60.7 Å². The highest BCUT2D eigenvalue weighted by molar-refractivity contribution is 6.47. The van der Waals surface area contributed by atoms with Gasteiger partial charge in [0.25, 0.3) is 5.91 Å². The van der Waals surface area contributed by atoms with E-state index in [1.54, 1.807) is 24.1 Å². The summed E-state index contributed by atoms with van der Waals surface area (Å²) in [6.45, 7) is 6.01. The average Bonchev–Trinajstić information content (AvgIpc) is 3.55. The topological polar surface area (TPSA) is 82.4 Å². The number of benzene rings is 2. The molecule has 0 unspecified atom stereocenters. The van der Waals surface area contributed by atoms with Crippen molar-refractivity contribution in [3.8, 4) is 5.75 Å². The molecule has 2 aromatic rings. The van der Waals surface area contributed by atoms with Crippen LogP contribution >= 0.6 is 0 Å². The third kappa shape index (κ3) is 4.57. The summed E-state index contributed by atoms with van der Waals surface area (Å²) in [6.07, 6.45) is 3.90. The van der Waals surface area contributed by atoms with E-state index < -0.39 is 0 Å². The van der Waals surface area contributed by atoms with Crippen molar-refractivity contribution in [2.24, 2.45) is 10.9 Å². The Labute approximate surface area is 206 Å². The predicted molar refractivity (Wildman–Crippen MR) is 135 cm³/mol. The first-order chi connectivity index (χ1) is 17.0. The molecule has 0 spiro atoms. The fourth-order valence-corrected chi connectivity index (χ4v) is 5.58. The number of hydrogen-bond donors (Lipinski definition) is 1. The van der Waals surface area contributed by atoms with Gasteiger partial charge >= 0.3 is 0 Å². The lowest BCUT2D eigenvalue weighted by Crippen LogP contribution is -2.36. The van der Waals surface area contributed by atoms with Crippen LogP contribution in [0.2, 0.25) is 0 Å². The minimum absolute atomic E-state index is 0.00482. The number of nitrogens with zero attached hydrogens (tertiary/aromatic N) is 3. The second-order valence-electron chi connectivity index (χ2n) is 9.82. The van der Waals surface area contributed by atoms with Crippen LogP contribution in [0, 0.1) is 12.8 Å². The second-order valence-corrected chi connectivity index (χ2v) is 9.82. The molecule has 0 atom stereocenters. The lowest BCUT2D eigenvalue weighted by Gasteiger charge is -2.29. The van der Waals surface area contributed by atoms with Crippen LogP contribution in [0.15, 0.2) is 35.3 Å². The quantitative estimate of drug-likeness (QED) is 0.664. The van der Waals surface area contributed by atoms with E-state index in [2.05, 4.69) is 28.1 Å². The van der Waals surface area contributed by atoms with E-state index in [4.69, 9.17) is 4.74 Å². The Kier molecular flexibility index (Phi) is 6.60. The molecule has 1 N–H and O–H groups in total. The van der Waals surface area contributed by atoms with Gasteiger partial charge in [0.05, 0.1) is 18.8 Å². The van der Waals surface area contributed by atoms with Crippen LogP contribution in [-0.4, -0.2) is 60.8 Å². The molecule has 35 heavy (non-hydrogen) atoms. The van der Waals surface area contributed by atoms with E-state index in [9.17, 15) is 14.7 Å². The highest BCUT2D eigenvalue weighted by atomic mass is 16.5. The molecule has 0 radical (unpaired) electrons. The maximum Gasteiger partial charge on any atom is 0.258 e. The number of hydrogen-bond acceptors (Lipinski definition) is 6. The maximum atomic E-state index is 13.5. The number of phenols is 1. The van der Waals surface area contributed by atoms with Crippen LogP contribution in [0.4, 0.5) is 5.69 Å². The standard InChI is InChI=1S/C28H33N3O4/c1-18-13-25(32)24(15-23(18)26(29-2)27(33)19-5-3-4-6-19)28(34)31-16-20-7-8-22(14-21(20)17-31)30-9-11-35-12-10-30/h7-8,13-15,19,32H,3-6,9-12,16-17H2,1-2H3. The van der Waals surface area contributed by atoms with Gasteiger partial charge in [-0.25, -0.2) is 0 Å². The van der Waals surface area contributed by atoms with E-state index in [0.29, 0.717) is 24.4 Å². The zero-order chi connectivity index (χ0) is 24.5. The number of carbonyl (C=O) groups is 2. The smallest absolute Gasteiger partial charge is 0.258 e. The van der Waals surface area contributed by atoms with Gasteiger partial charge in [0.1, 0.15) is 11.5 Å². The largest absolute Gasteiger partial charge is 0.507 e. The number of aliphatic imine (C=N–C) groups is 1. The molecule has 5 rings (SSSR count). The molecule has 1 saturated carbocycles. The molecule has 1 amide bonds. The van der Waals surface area contributed by atoms with Crippen molar-refractivity contribution in [3.05, 3.63) is 58.1 Å². The Morgan fingerprint density at radius 2 is 1.71 bits per heavy atom. The van der Waals surface area contributed by atoms with Gasteiger partial charge in [0.2, 0.25) is 0 Å². The van der Waals surface area contributed by atoms with Gasteiger partial charge in [-0.15, -0.1) is 0 Å². The Morgan fingerprint density at radius 1 is 1.00 bits per heavy atom. The van der Waals surface area contributed by atoms with Crippen molar-refractivity contribution < 1.29 is 19.4 Å². The number of aryl methyl sites for hydroxylation is 1. The number of carbonyl (C=O) groups excluding carboxylic acids is 2. The first-order valence-electron chi connectivity index (χ1n) is 12.5. The van der Waals surface area contributed by atoms with Gasteiger partial charge < -0.3 is 19.6 Å². The van der Waals surface area contributed by atoms with Crippen molar-refractivity contribution in [2.75, 3.05) is 38.3 Å². The second kappa shape index (κ2) is 9.82. The Morgan fingerprint density at radius 3 is 2.43 bits per heavy atom. The van der Waals surface area contributed by atoms with Gasteiger partial charge in [-0.3, -0.25) is 14.6 Å². The van der Waals surface area contributed by atoms with Gasteiger partial charge in [-0.1, -0.05) is 18.9 Å². The lowest BCUT2D eigenvalue weighted by molar-refractivity contribution is -0.116. The van der Waals surface area contributed by atoms with Crippen LogP contribution in [0.25, 0.3) is 0 Å². The van der Waals surface area contributed by atoms with Crippen molar-refractivity contribution in [1.82, 2.24) is 4.90 Å². The maximum absolute atomic E-state index is 13.5. The molecule has 7 heteroatoms. The van der Waals surface area contributed by atoms with Crippen LogP contribution in [-0.2, 0) is 22.6 Å². The molecule has 2 fully saturated rings. The molecule has 7 nitrogen and oxygen atoms in total. The molecule has 0 bridgehead atoms. The van der Waals surface area contributed by atoms with Crippen molar-refractivity contribution in [2.45, 2.75) is 45.7 Å². The number of fused-ring (bicyclic) bond motifs is 1. The summed E-state index contributed by atoms with van der Waals surface area (Å²) in [7, 11) is 1.62. The normalized spacial score (nSPS) is 18.7. The molecule has 2 heterocycles. The lowest BCUT2D eigenvalue weighted by atomic mass is 9.91. The third-order valence-electron chi connectivity index (χ3n) is 7.59. The predicted octanol–water partition coefficient (Wildman–Crippen LogP) is 3.87. The molecule has 0 aromatic heterocycles. The number of phenolic OH excluding ortho intramolecular Hbond substituents is 1. The monoisotopic (exact) mass is 475 g/mol. The highest BCUT2D eigenvalue weighted by Crippen LogP contribution is 2.33. The first-order valence-corrected chi connectivity index (χ1v) is 12.5. The molecule has 1 aliphatic carbocycles. The number of aromatic hydroxyl groups is 1. The fourth-order valence-electron chi connectivity index (χ4n) is 5.58. The number of anilines is 1. The summed E-state index contributed by atoms with van der Waals surface area (Å²) in [6, 6.07) is 9.60. The number of ether oxygens (including phenoxy) is 1. The van der Waals surface area contributed by atoms with Crippen molar-refractivity contribution in [3.63, 3.8) is 0 Å². The first kappa shape index (κ1) is 23.5. The van der Waals surface area contributed by atoms with Crippen molar-refractivity contribution in [1.29, 1.82) is 0 Å². The fraction of sp³-hybridized carbons (Fsp3) is 0.464. The van der Waals surface area contributed by atoms with Crippen LogP contribution in [0.5, 0.6) is 5.75 Å². The molecule has 2 aromatic carbocycles. The number of Topliss-reactive ketones (excluding diaryl/α,β-unsaturated/α-hetero) is 1. The van der Waals surface area contributed by atoms with Crippen LogP contribution < -0.4 is 4.90 Å². The zero-order valence-corrected chi connectivity index (χ0v) is 20.5. The molecule has 184 valence electrons. The van der Waals surface area contributed by atoms with E-state index in [-0.39, 0.29) is 28.9 Å². The number of morpholine rings is 1. The van der Waals surface area contributed by atoms with E-state index in [0.717, 1.165) is 74.4 Å². The molecular weight excluding hydrogens is 442 g/mol. The van der Waals surface area contributed by atoms with Gasteiger partial charge in [0, 0.05) is 50.4 Å². The number of ketones is 1. The summed E-state index contributed by atoms with van der Waals surface area (Å²) in [5.41, 5.74) is 5.39. The summed E-state index contributed by atoms with van der Waals surface area (Å²) in [4.78, 5) is 35.1. The molecular formula is C28H33N3O4. The minimum Gasteiger partial charge on any atom is -0.507 e. The summed E-state index contributed by atoms with van der Waals surface area (Å²) in [5, 5.41) is 10.7. The Hall–Kier alpha value is -3.19. The molecule has 1 saturated heterocycles. The summed E-state index contributed by atoms with van der Waals surface area (Å²) in [5.74, 6) is -0.266. The zero-order valence-electron chi connectivity index (χ0n) is 20.5. The van der Waals surface area contributed by atoms with Crippen molar-refractivity contribution >= 4 is 23.1 Å². The SMILES string of the molecule is CN=C(C(=O)C1CCCC1)c1cc(C(=O)N2Cc3ccc(N4CCOCC4)cc3C2)c(O)cc1C. The Bertz CT molecular complexity index is 1180. The highest BCUT2D eigenvalue weighted by Gasteiger charge is 2.31. The average molecular weight is 476 g/mol. The van der Waals surface area contributed by atoms with Crippen LogP contribution in [0.1, 0.15) is 58.3 Å². The summed E-state index contributed by atoms with van der Waals surface area (Å²) >= 11 is 0. The minimum atomic E-state index is -0.239. The number of rotatable bonds is 5. The Balaban J connectivity index is 1.38. The molecule has 3 aliphatic rings. The number of amides is 1. The third-order valence-corrected chi connectivity index (χ3v) is 7.59. The molecule has 2 aliphatic heterocycles.